The number of rotatable bonds is 2. The van der Waals surface area contributed by atoms with Crippen molar-refractivity contribution in [3.8, 4) is 11.8 Å². The Balaban J connectivity index is 2.23. The summed E-state index contributed by atoms with van der Waals surface area (Å²) in [6.45, 7) is 9.29. The number of ether oxygens (including phenoxy) is 1. The highest BCUT2D eigenvalue weighted by Crippen LogP contribution is 2.46. The molecule has 0 spiro atoms. The number of hydrogen-bond acceptors (Lipinski definition) is 3. The molecule has 3 heteroatoms. The molecule has 0 aliphatic carbocycles. The number of hydrogen-bond donors (Lipinski definition) is 0. The first-order chi connectivity index (χ1) is 10.6. The highest BCUT2D eigenvalue weighted by atomic mass is 16.5. The minimum atomic E-state index is -0.503. The lowest BCUT2D eigenvalue weighted by molar-refractivity contribution is 0.161. The summed E-state index contributed by atoms with van der Waals surface area (Å²) in [5.41, 5.74) is 3.06. The van der Waals surface area contributed by atoms with Gasteiger partial charge in [-0.2, -0.15) is 5.26 Å². The van der Waals surface area contributed by atoms with Crippen LogP contribution < -0.4 is 4.74 Å². The number of aryl methyl sites for hydroxylation is 1. The maximum absolute atomic E-state index is 10.2. The molecular weight excluding hydrogens is 272 g/mol. The fourth-order valence-electron chi connectivity index (χ4n) is 4.05. The Morgan fingerprint density at radius 1 is 1.23 bits per heavy atom. The van der Waals surface area contributed by atoms with Gasteiger partial charge in [-0.25, -0.2) is 0 Å². The molecule has 1 aromatic carbocycles. The standard InChI is InChI=1S/C19H26N2O/c1-14(2)16-8-7-15(3)17-18(16)22-12-6-9-19(17,13-20)21-10-4-5-11-21/h7-8,14H,4-6,9-12H2,1-3H3. The van der Waals surface area contributed by atoms with Crippen molar-refractivity contribution in [1.82, 2.24) is 4.90 Å². The fraction of sp³-hybridized carbons (Fsp3) is 0.632. The van der Waals surface area contributed by atoms with Gasteiger partial charge in [0.25, 0.3) is 0 Å². The van der Waals surface area contributed by atoms with E-state index in [1.807, 2.05) is 0 Å². The van der Waals surface area contributed by atoms with Crippen LogP contribution >= 0.6 is 0 Å². The molecule has 1 atom stereocenters. The SMILES string of the molecule is Cc1ccc(C(C)C)c2c1C(C#N)(N1CCCC1)CCCO2. The first-order valence-electron chi connectivity index (χ1n) is 8.53. The van der Waals surface area contributed by atoms with Crippen LogP contribution in [0.2, 0.25) is 0 Å². The van der Waals surface area contributed by atoms with Crippen LogP contribution in [0.3, 0.4) is 0 Å². The van der Waals surface area contributed by atoms with Crippen molar-refractivity contribution in [2.24, 2.45) is 0 Å². The van der Waals surface area contributed by atoms with Gasteiger partial charge in [0.15, 0.2) is 0 Å². The molecule has 22 heavy (non-hydrogen) atoms. The predicted octanol–water partition coefficient (Wildman–Crippen LogP) is 4.11. The monoisotopic (exact) mass is 298 g/mol. The molecule has 0 bridgehead atoms. The van der Waals surface area contributed by atoms with E-state index in [0.717, 1.165) is 37.2 Å². The van der Waals surface area contributed by atoms with Crippen molar-refractivity contribution in [1.29, 1.82) is 5.26 Å². The Kier molecular flexibility index (Phi) is 4.14. The Labute approximate surface area is 133 Å². The number of nitrogens with zero attached hydrogens (tertiary/aromatic N) is 2. The Bertz CT molecular complexity index is 596. The Morgan fingerprint density at radius 3 is 2.59 bits per heavy atom. The van der Waals surface area contributed by atoms with Crippen LogP contribution in [0.5, 0.6) is 5.75 Å². The topological polar surface area (TPSA) is 36.3 Å². The maximum Gasteiger partial charge on any atom is 0.138 e. The summed E-state index contributed by atoms with van der Waals surface area (Å²) in [5.74, 6) is 1.39. The lowest BCUT2D eigenvalue weighted by Crippen LogP contribution is -2.43. The van der Waals surface area contributed by atoms with Gasteiger partial charge in [-0.05, 0) is 49.7 Å². The van der Waals surface area contributed by atoms with Crippen molar-refractivity contribution in [2.75, 3.05) is 19.7 Å². The molecule has 1 saturated heterocycles. The summed E-state index contributed by atoms with van der Waals surface area (Å²) in [7, 11) is 0. The second-order valence-electron chi connectivity index (χ2n) is 6.95. The molecule has 1 unspecified atom stereocenters. The highest BCUT2D eigenvalue weighted by Gasteiger charge is 2.44. The van der Waals surface area contributed by atoms with Gasteiger partial charge in [0.05, 0.1) is 12.7 Å². The van der Waals surface area contributed by atoms with E-state index in [4.69, 9.17) is 4.74 Å². The van der Waals surface area contributed by atoms with Gasteiger partial charge in [-0.3, -0.25) is 4.90 Å². The maximum atomic E-state index is 10.2. The van der Waals surface area contributed by atoms with Crippen molar-refractivity contribution >= 4 is 0 Å². The average molecular weight is 298 g/mol. The van der Waals surface area contributed by atoms with Gasteiger partial charge in [0.1, 0.15) is 11.3 Å². The minimum absolute atomic E-state index is 0.405. The van der Waals surface area contributed by atoms with Crippen molar-refractivity contribution < 1.29 is 4.74 Å². The highest BCUT2D eigenvalue weighted by molar-refractivity contribution is 5.54. The van der Waals surface area contributed by atoms with E-state index >= 15 is 0 Å². The molecule has 2 aliphatic heterocycles. The average Bonchev–Trinajstić information content (AvgIpc) is 2.96. The number of nitriles is 1. The van der Waals surface area contributed by atoms with E-state index in [0.29, 0.717) is 12.5 Å². The Morgan fingerprint density at radius 2 is 1.95 bits per heavy atom. The third-order valence-electron chi connectivity index (χ3n) is 5.19. The van der Waals surface area contributed by atoms with Crippen LogP contribution in [0, 0.1) is 18.3 Å². The predicted molar refractivity (Wildman–Crippen MR) is 88.1 cm³/mol. The summed E-state index contributed by atoms with van der Waals surface area (Å²) < 4.78 is 6.16. The molecule has 118 valence electrons. The van der Waals surface area contributed by atoms with Crippen LogP contribution in [0.1, 0.15) is 62.1 Å². The third-order valence-corrected chi connectivity index (χ3v) is 5.19. The summed E-state index contributed by atoms with van der Waals surface area (Å²) in [4.78, 5) is 2.40. The summed E-state index contributed by atoms with van der Waals surface area (Å²) in [5, 5.41) is 10.2. The molecule has 2 heterocycles. The van der Waals surface area contributed by atoms with Crippen LogP contribution in [0.15, 0.2) is 12.1 Å². The zero-order valence-corrected chi connectivity index (χ0v) is 14.0. The van der Waals surface area contributed by atoms with Gasteiger partial charge >= 0.3 is 0 Å². The minimum Gasteiger partial charge on any atom is -0.493 e. The second-order valence-corrected chi connectivity index (χ2v) is 6.95. The summed E-state index contributed by atoms with van der Waals surface area (Å²) in [6, 6.07) is 7.06. The molecule has 3 rings (SSSR count). The molecular formula is C19H26N2O. The molecule has 0 saturated carbocycles. The fourth-order valence-corrected chi connectivity index (χ4v) is 4.05. The van der Waals surface area contributed by atoms with Gasteiger partial charge in [0.2, 0.25) is 0 Å². The van der Waals surface area contributed by atoms with Crippen LogP contribution in [-0.2, 0) is 5.54 Å². The molecule has 1 fully saturated rings. The molecule has 0 N–H and O–H groups in total. The van der Waals surface area contributed by atoms with Gasteiger partial charge < -0.3 is 4.74 Å². The number of fused-ring (bicyclic) bond motifs is 1. The van der Waals surface area contributed by atoms with E-state index in [-0.39, 0.29) is 0 Å². The van der Waals surface area contributed by atoms with E-state index in [9.17, 15) is 5.26 Å². The van der Waals surface area contributed by atoms with Crippen molar-refractivity contribution in [3.05, 3.63) is 28.8 Å². The lowest BCUT2D eigenvalue weighted by Gasteiger charge is -2.37. The molecule has 1 aromatic rings. The third kappa shape index (κ3) is 2.30. The smallest absolute Gasteiger partial charge is 0.138 e. The molecule has 3 nitrogen and oxygen atoms in total. The summed E-state index contributed by atoms with van der Waals surface area (Å²) >= 11 is 0. The zero-order valence-electron chi connectivity index (χ0n) is 14.0. The van der Waals surface area contributed by atoms with E-state index < -0.39 is 5.54 Å². The van der Waals surface area contributed by atoms with Gasteiger partial charge in [-0.15, -0.1) is 0 Å². The van der Waals surface area contributed by atoms with Crippen LogP contribution in [0.4, 0.5) is 0 Å². The molecule has 0 aromatic heterocycles. The molecule has 0 radical (unpaired) electrons. The first kappa shape index (κ1) is 15.4. The second kappa shape index (κ2) is 5.93. The number of likely N-dealkylation sites (tertiary alicyclic amines) is 1. The number of benzene rings is 1. The van der Waals surface area contributed by atoms with Gasteiger partial charge in [0, 0.05) is 18.7 Å². The quantitative estimate of drug-likeness (QED) is 0.824. The first-order valence-corrected chi connectivity index (χ1v) is 8.53. The van der Waals surface area contributed by atoms with E-state index in [1.165, 1.54) is 24.0 Å². The van der Waals surface area contributed by atoms with Gasteiger partial charge in [-0.1, -0.05) is 26.0 Å². The van der Waals surface area contributed by atoms with Crippen molar-refractivity contribution in [2.45, 2.75) is 57.9 Å². The molecule has 2 aliphatic rings. The largest absolute Gasteiger partial charge is 0.493 e. The van der Waals surface area contributed by atoms with Crippen LogP contribution in [0.25, 0.3) is 0 Å². The van der Waals surface area contributed by atoms with Crippen LogP contribution in [-0.4, -0.2) is 24.6 Å². The normalized spacial score (nSPS) is 25.4. The Hall–Kier alpha value is -1.53. The lowest BCUT2D eigenvalue weighted by atomic mass is 9.80. The summed E-state index contributed by atoms with van der Waals surface area (Å²) in [6.07, 6.45) is 4.21. The van der Waals surface area contributed by atoms with E-state index in [2.05, 4.69) is 43.9 Å². The van der Waals surface area contributed by atoms with Crippen molar-refractivity contribution in [3.63, 3.8) is 0 Å². The zero-order chi connectivity index (χ0) is 15.7. The van der Waals surface area contributed by atoms with E-state index in [1.54, 1.807) is 0 Å². The molecule has 0 amide bonds.